The molecule has 0 saturated carbocycles. The van der Waals surface area contributed by atoms with E-state index in [1.807, 2.05) is 25.4 Å². The van der Waals surface area contributed by atoms with Crippen molar-refractivity contribution in [3.63, 3.8) is 0 Å². The number of rotatable bonds is 2. The van der Waals surface area contributed by atoms with E-state index in [2.05, 4.69) is 30.9 Å². The summed E-state index contributed by atoms with van der Waals surface area (Å²) in [5.74, 6) is 0.623. The van der Waals surface area contributed by atoms with Crippen molar-refractivity contribution in [3.8, 4) is 11.1 Å². The molecule has 1 aliphatic rings. The maximum atomic E-state index is 4.41. The minimum Gasteiger partial charge on any atom is -0.356 e. The highest BCUT2D eigenvalue weighted by molar-refractivity contribution is 5.72. The van der Waals surface area contributed by atoms with E-state index in [4.69, 9.17) is 0 Å². The summed E-state index contributed by atoms with van der Waals surface area (Å²) in [5, 5.41) is 17.2. The van der Waals surface area contributed by atoms with E-state index < -0.39 is 0 Å². The van der Waals surface area contributed by atoms with Gasteiger partial charge in [-0.25, -0.2) is 4.52 Å². The largest absolute Gasteiger partial charge is 0.356 e. The SMILES string of the molecule is C1CCNC1.CNc1nc2c(C)c(-c3cn[nH]c3)ccn2n1. The van der Waals surface area contributed by atoms with E-state index in [1.165, 1.54) is 25.9 Å². The Morgan fingerprint density at radius 2 is 2.09 bits per heavy atom. The molecule has 1 aliphatic heterocycles. The normalized spacial score (nSPS) is 13.9. The van der Waals surface area contributed by atoms with Gasteiger partial charge in [0.15, 0.2) is 5.65 Å². The Kier molecular flexibility index (Phi) is 4.34. The quantitative estimate of drug-likeness (QED) is 0.672. The number of nitrogens with one attached hydrogen (secondary N) is 3. The van der Waals surface area contributed by atoms with Gasteiger partial charge >= 0.3 is 0 Å². The standard InChI is InChI=1S/C11H12N6.C4H9N/c1-7-9(8-5-13-14-6-8)3-4-17-10(7)15-11(12-2)16-17;1-2-4-5-3-1/h3-6H,1-2H3,(H,12,16)(H,13,14);5H,1-4H2. The van der Waals surface area contributed by atoms with Crippen LogP contribution in [0.25, 0.3) is 16.8 Å². The van der Waals surface area contributed by atoms with Crippen LogP contribution >= 0.6 is 0 Å². The average Bonchev–Trinajstić information content (AvgIpc) is 3.29. The molecule has 3 N–H and O–H groups in total. The maximum absolute atomic E-state index is 4.41. The molecular weight excluding hydrogens is 278 g/mol. The second-order valence-corrected chi connectivity index (χ2v) is 5.25. The number of fused-ring (bicyclic) bond motifs is 1. The summed E-state index contributed by atoms with van der Waals surface area (Å²) in [5.41, 5.74) is 4.11. The minimum absolute atomic E-state index is 0.623. The molecule has 1 fully saturated rings. The Morgan fingerprint density at radius 3 is 2.68 bits per heavy atom. The third kappa shape index (κ3) is 2.94. The van der Waals surface area contributed by atoms with Crippen LogP contribution in [0.4, 0.5) is 5.95 Å². The summed E-state index contributed by atoms with van der Waals surface area (Å²) in [6.45, 7) is 4.53. The van der Waals surface area contributed by atoms with Gasteiger partial charge in [-0.3, -0.25) is 5.10 Å². The van der Waals surface area contributed by atoms with Crippen LogP contribution in [0, 0.1) is 6.92 Å². The molecule has 3 aromatic heterocycles. The molecule has 7 nitrogen and oxygen atoms in total. The number of anilines is 1. The van der Waals surface area contributed by atoms with Gasteiger partial charge < -0.3 is 10.6 Å². The Balaban J connectivity index is 0.000000246. The fourth-order valence-corrected chi connectivity index (χ4v) is 2.52. The summed E-state index contributed by atoms with van der Waals surface area (Å²) < 4.78 is 1.77. The second-order valence-electron chi connectivity index (χ2n) is 5.25. The monoisotopic (exact) mass is 299 g/mol. The van der Waals surface area contributed by atoms with Crippen LogP contribution in [0.1, 0.15) is 18.4 Å². The molecule has 116 valence electrons. The minimum atomic E-state index is 0.623. The Labute approximate surface area is 129 Å². The molecule has 0 aromatic carbocycles. The van der Waals surface area contributed by atoms with Gasteiger partial charge in [0, 0.05) is 30.6 Å². The van der Waals surface area contributed by atoms with Crippen LogP contribution in [-0.4, -0.2) is 44.9 Å². The zero-order valence-corrected chi connectivity index (χ0v) is 12.9. The van der Waals surface area contributed by atoms with Gasteiger partial charge in [-0.05, 0) is 44.5 Å². The predicted molar refractivity (Wildman–Crippen MR) is 87.0 cm³/mol. The highest BCUT2D eigenvalue weighted by Gasteiger charge is 2.10. The van der Waals surface area contributed by atoms with Gasteiger partial charge in [-0.2, -0.15) is 10.1 Å². The van der Waals surface area contributed by atoms with Gasteiger partial charge in [-0.1, -0.05) is 0 Å². The second kappa shape index (κ2) is 6.57. The van der Waals surface area contributed by atoms with E-state index in [1.54, 1.807) is 17.8 Å². The van der Waals surface area contributed by atoms with Crippen LogP contribution in [0.5, 0.6) is 0 Å². The fraction of sp³-hybridized carbons (Fsp3) is 0.400. The predicted octanol–water partition coefficient (Wildman–Crippen LogP) is 1.84. The Bertz CT molecular complexity index is 718. The summed E-state index contributed by atoms with van der Waals surface area (Å²) in [7, 11) is 1.81. The number of hydrogen-bond acceptors (Lipinski definition) is 5. The van der Waals surface area contributed by atoms with E-state index in [9.17, 15) is 0 Å². The molecule has 0 unspecified atom stereocenters. The number of H-pyrrole nitrogens is 1. The maximum Gasteiger partial charge on any atom is 0.242 e. The summed E-state index contributed by atoms with van der Waals surface area (Å²) >= 11 is 0. The van der Waals surface area contributed by atoms with Crippen molar-refractivity contribution in [2.24, 2.45) is 0 Å². The Morgan fingerprint density at radius 1 is 1.27 bits per heavy atom. The van der Waals surface area contributed by atoms with Crippen molar-refractivity contribution in [2.45, 2.75) is 19.8 Å². The number of nitrogens with zero attached hydrogens (tertiary/aromatic N) is 4. The highest BCUT2D eigenvalue weighted by atomic mass is 15.3. The smallest absolute Gasteiger partial charge is 0.242 e. The summed E-state index contributed by atoms with van der Waals surface area (Å²) in [6.07, 6.45) is 8.35. The summed E-state index contributed by atoms with van der Waals surface area (Å²) in [4.78, 5) is 4.41. The lowest BCUT2D eigenvalue weighted by Crippen LogP contribution is -2.03. The topological polar surface area (TPSA) is 82.9 Å². The first kappa shape index (κ1) is 14.5. The van der Waals surface area contributed by atoms with Crippen molar-refractivity contribution in [1.29, 1.82) is 0 Å². The first-order valence-corrected chi connectivity index (χ1v) is 7.53. The highest BCUT2D eigenvalue weighted by Crippen LogP contribution is 2.24. The van der Waals surface area contributed by atoms with Gasteiger partial charge in [0.2, 0.25) is 5.95 Å². The molecule has 4 rings (SSSR count). The van der Waals surface area contributed by atoms with E-state index in [0.29, 0.717) is 5.95 Å². The lowest BCUT2D eigenvalue weighted by molar-refractivity contribution is 0.857. The van der Waals surface area contributed by atoms with Crippen LogP contribution < -0.4 is 10.6 Å². The third-order valence-corrected chi connectivity index (χ3v) is 3.74. The van der Waals surface area contributed by atoms with Crippen molar-refractivity contribution in [3.05, 3.63) is 30.2 Å². The average molecular weight is 299 g/mol. The summed E-state index contributed by atoms with van der Waals surface area (Å²) in [6, 6.07) is 2.02. The van der Waals surface area contributed by atoms with Crippen molar-refractivity contribution in [1.82, 2.24) is 30.1 Å². The van der Waals surface area contributed by atoms with Crippen molar-refractivity contribution >= 4 is 11.6 Å². The number of pyridine rings is 1. The van der Waals surface area contributed by atoms with E-state index in [-0.39, 0.29) is 0 Å². The van der Waals surface area contributed by atoms with Crippen molar-refractivity contribution in [2.75, 3.05) is 25.5 Å². The van der Waals surface area contributed by atoms with E-state index >= 15 is 0 Å². The van der Waals surface area contributed by atoms with Gasteiger partial charge in [-0.15, -0.1) is 5.10 Å². The molecule has 0 aliphatic carbocycles. The molecule has 22 heavy (non-hydrogen) atoms. The number of aromatic amines is 1. The molecule has 1 saturated heterocycles. The third-order valence-electron chi connectivity index (χ3n) is 3.74. The molecule has 0 amide bonds. The molecule has 0 bridgehead atoms. The van der Waals surface area contributed by atoms with Gasteiger partial charge in [0.1, 0.15) is 0 Å². The van der Waals surface area contributed by atoms with Crippen LogP contribution in [-0.2, 0) is 0 Å². The fourth-order valence-electron chi connectivity index (χ4n) is 2.52. The first-order valence-electron chi connectivity index (χ1n) is 7.53. The zero-order chi connectivity index (χ0) is 15.4. The molecule has 4 heterocycles. The molecule has 3 aromatic rings. The zero-order valence-electron chi connectivity index (χ0n) is 12.9. The molecule has 0 spiro atoms. The molecular formula is C15H21N7. The molecule has 7 heteroatoms. The lowest BCUT2D eigenvalue weighted by Gasteiger charge is -2.03. The number of hydrogen-bond donors (Lipinski definition) is 3. The van der Waals surface area contributed by atoms with Gasteiger partial charge in [0.25, 0.3) is 0 Å². The Hall–Kier alpha value is -2.41. The van der Waals surface area contributed by atoms with E-state index in [0.717, 1.165) is 22.3 Å². The first-order chi connectivity index (χ1) is 10.8. The lowest BCUT2D eigenvalue weighted by atomic mass is 10.1. The van der Waals surface area contributed by atoms with Crippen LogP contribution in [0.3, 0.4) is 0 Å². The molecule has 0 radical (unpaired) electrons. The number of aryl methyl sites for hydroxylation is 1. The number of aromatic nitrogens is 5. The van der Waals surface area contributed by atoms with Crippen LogP contribution in [0.15, 0.2) is 24.7 Å². The van der Waals surface area contributed by atoms with Gasteiger partial charge in [0.05, 0.1) is 6.20 Å². The molecule has 0 atom stereocenters. The van der Waals surface area contributed by atoms with Crippen molar-refractivity contribution < 1.29 is 0 Å². The van der Waals surface area contributed by atoms with Crippen LogP contribution in [0.2, 0.25) is 0 Å².